The van der Waals surface area contributed by atoms with E-state index in [1.54, 1.807) is 35.2 Å². The van der Waals surface area contributed by atoms with Crippen molar-refractivity contribution in [3.05, 3.63) is 54.1 Å². The molecule has 3 aliphatic heterocycles. The molecule has 0 radical (unpaired) electrons. The fraction of sp³-hybridized carbons (Fsp3) is 0.368. The third kappa shape index (κ3) is 2.12. The van der Waals surface area contributed by atoms with Crippen molar-refractivity contribution in [3.8, 4) is 0 Å². The van der Waals surface area contributed by atoms with E-state index in [-0.39, 0.29) is 11.9 Å². The molecule has 1 aromatic rings. The third-order valence-electron chi connectivity index (χ3n) is 5.39. The van der Waals surface area contributed by atoms with Crippen molar-refractivity contribution >= 4 is 29.2 Å². The summed E-state index contributed by atoms with van der Waals surface area (Å²) >= 11 is 5.98. The highest BCUT2D eigenvalue weighted by molar-refractivity contribution is 6.30. The number of halogens is 1. The van der Waals surface area contributed by atoms with E-state index in [0.717, 1.165) is 5.69 Å². The number of carbonyl (C=O) groups is 2. The van der Waals surface area contributed by atoms with Crippen LogP contribution in [-0.4, -0.2) is 36.7 Å². The summed E-state index contributed by atoms with van der Waals surface area (Å²) in [6.45, 7) is 3.82. The average molecular weight is 360 g/mol. The summed E-state index contributed by atoms with van der Waals surface area (Å²) in [5.74, 6) is -1.75. The number of hydrogen-bond donors (Lipinski definition) is 0. The van der Waals surface area contributed by atoms with Gasteiger partial charge in [0.25, 0.3) is 0 Å². The first kappa shape index (κ1) is 16.4. The molecule has 3 aliphatic rings. The molecule has 0 aliphatic carbocycles. The summed E-state index contributed by atoms with van der Waals surface area (Å²) in [7, 11) is 1.34. The Morgan fingerprint density at radius 1 is 1.44 bits per heavy atom. The molecule has 0 aromatic heterocycles. The minimum atomic E-state index is -0.825. The fourth-order valence-corrected chi connectivity index (χ4v) is 4.54. The van der Waals surface area contributed by atoms with Crippen molar-refractivity contribution in [2.24, 2.45) is 11.8 Å². The number of methoxy groups -OCH3 is 1. The lowest BCUT2D eigenvalue weighted by atomic mass is 9.74. The molecule has 0 saturated carbocycles. The van der Waals surface area contributed by atoms with Crippen LogP contribution in [0.4, 0.5) is 5.69 Å². The normalized spacial score (nSPS) is 35.1. The summed E-state index contributed by atoms with van der Waals surface area (Å²) in [5.41, 5.74) is -0.0943. The van der Waals surface area contributed by atoms with Gasteiger partial charge in [0.1, 0.15) is 11.5 Å². The number of esters is 1. The Bertz CT molecular complexity index is 774. The molecule has 1 spiro atoms. The van der Waals surface area contributed by atoms with E-state index in [2.05, 4.69) is 6.58 Å². The number of amides is 1. The summed E-state index contributed by atoms with van der Waals surface area (Å²) in [5, 5.41) is 0.596. The lowest BCUT2D eigenvalue weighted by Crippen LogP contribution is -2.45. The Kier molecular flexibility index (Phi) is 3.74. The van der Waals surface area contributed by atoms with Gasteiger partial charge in [-0.1, -0.05) is 29.8 Å². The predicted molar refractivity (Wildman–Crippen MR) is 93.3 cm³/mol. The predicted octanol–water partition coefficient (Wildman–Crippen LogP) is 2.74. The molecule has 5 atom stereocenters. The molecule has 2 saturated heterocycles. The maximum absolute atomic E-state index is 13.3. The first-order chi connectivity index (χ1) is 12.0. The van der Waals surface area contributed by atoms with Crippen molar-refractivity contribution in [1.29, 1.82) is 0 Å². The van der Waals surface area contributed by atoms with Gasteiger partial charge in [0.2, 0.25) is 5.91 Å². The molecular weight excluding hydrogens is 342 g/mol. The maximum Gasteiger partial charge on any atom is 0.312 e. The smallest absolute Gasteiger partial charge is 0.312 e. The Hall–Kier alpha value is -2.11. The molecule has 2 unspecified atom stereocenters. The van der Waals surface area contributed by atoms with Gasteiger partial charge in [0, 0.05) is 10.7 Å². The number of nitrogens with zero attached hydrogens (tertiary/aromatic N) is 1. The minimum absolute atomic E-state index is 0.128. The Labute approximate surface area is 150 Å². The van der Waals surface area contributed by atoms with Crippen LogP contribution in [0.25, 0.3) is 0 Å². The SMILES string of the molecule is C=CCC1N(c2ccc(Cl)cc2)C(=O)[C@@H]2C(C(=O)OC)[C@@H]3C=C[C@@]12O3. The molecule has 1 aromatic carbocycles. The summed E-state index contributed by atoms with van der Waals surface area (Å²) in [6.07, 6.45) is 5.71. The molecule has 0 N–H and O–H groups in total. The second-order valence-corrected chi connectivity index (χ2v) is 6.98. The van der Waals surface area contributed by atoms with Gasteiger partial charge in [-0.3, -0.25) is 9.59 Å². The first-order valence-electron chi connectivity index (χ1n) is 8.18. The summed E-state index contributed by atoms with van der Waals surface area (Å²) < 4.78 is 11.1. The second-order valence-electron chi connectivity index (χ2n) is 6.55. The monoisotopic (exact) mass is 359 g/mol. The van der Waals surface area contributed by atoms with E-state index in [1.807, 2.05) is 12.2 Å². The Morgan fingerprint density at radius 3 is 2.80 bits per heavy atom. The van der Waals surface area contributed by atoms with Crippen LogP contribution in [-0.2, 0) is 19.1 Å². The van der Waals surface area contributed by atoms with E-state index in [0.29, 0.717) is 11.4 Å². The summed E-state index contributed by atoms with van der Waals surface area (Å²) in [4.78, 5) is 27.3. The van der Waals surface area contributed by atoms with Gasteiger partial charge in [-0.25, -0.2) is 0 Å². The Morgan fingerprint density at radius 2 is 2.16 bits per heavy atom. The number of fused-ring (bicyclic) bond motifs is 1. The highest BCUT2D eigenvalue weighted by atomic mass is 35.5. The molecule has 3 heterocycles. The van der Waals surface area contributed by atoms with E-state index < -0.39 is 29.5 Å². The van der Waals surface area contributed by atoms with Crippen LogP contribution >= 0.6 is 11.6 Å². The van der Waals surface area contributed by atoms with Crippen LogP contribution < -0.4 is 4.90 Å². The second kappa shape index (κ2) is 5.71. The van der Waals surface area contributed by atoms with Crippen molar-refractivity contribution in [1.82, 2.24) is 0 Å². The highest BCUT2D eigenvalue weighted by Crippen LogP contribution is 2.56. The van der Waals surface area contributed by atoms with Crippen LogP contribution in [0.5, 0.6) is 0 Å². The zero-order valence-electron chi connectivity index (χ0n) is 13.7. The van der Waals surface area contributed by atoms with Gasteiger partial charge in [-0.2, -0.15) is 0 Å². The number of benzene rings is 1. The van der Waals surface area contributed by atoms with Gasteiger partial charge < -0.3 is 14.4 Å². The van der Waals surface area contributed by atoms with Crippen molar-refractivity contribution in [3.63, 3.8) is 0 Å². The van der Waals surface area contributed by atoms with Gasteiger partial charge in [-0.05, 0) is 30.7 Å². The minimum Gasteiger partial charge on any atom is -0.469 e. The molecule has 130 valence electrons. The highest BCUT2D eigenvalue weighted by Gasteiger charge is 2.71. The van der Waals surface area contributed by atoms with Crippen LogP contribution in [0.3, 0.4) is 0 Å². The zero-order chi connectivity index (χ0) is 17.8. The number of hydrogen-bond acceptors (Lipinski definition) is 4. The zero-order valence-corrected chi connectivity index (χ0v) is 14.5. The largest absolute Gasteiger partial charge is 0.469 e. The lowest BCUT2D eigenvalue weighted by Gasteiger charge is -2.32. The van der Waals surface area contributed by atoms with Crippen molar-refractivity contribution < 1.29 is 19.1 Å². The van der Waals surface area contributed by atoms with Crippen LogP contribution in [0, 0.1) is 11.8 Å². The number of ether oxygens (including phenoxy) is 2. The van der Waals surface area contributed by atoms with Gasteiger partial charge in [0.15, 0.2) is 0 Å². The van der Waals surface area contributed by atoms with Crippen LogP contribution in [0.15, 0.2) is 49.1 Å². The molecule has 2 bridgehead atoms. The number of rotatable bonds is 4. The average Bonchev–Trinajstić information content (AvgIpc) is 3.25. The van der Waals surface area contributed by atoms with Crippen molar-refractivity contribution in [2.45, 2.75) is 24.2 Å². The molecular formula is C19H18ClNO4. The van der Waals surface area contributed by atoms with E-state index >= 15 is 0 Å². The van der Waals surface area contributed by atoms with E-state index in [9.17, 15) is 9.59 Å². The molecule has 6 heteroatoms. The molecule has 2 fully saturated rings. The fourth-order valence-electron chi connectivity index (χ4n) is 4.41. The third-order valence-corrected chi connectivity index (χ3v) is 5.64. The molecule has 25 heavy (non-hydrogen) atoms. The van der Waals surface area contributed by atoms with Gasteiger partial charge in [-0.15, -0.1) is 6.58 Å². The first-order valence-corrected chi connectivity index (χ1v) is 8.56. The lowest BCUT2D eigenvalue weighted by molar-refractivity contribution is -0.149. The van der Waals surface area contributed by atoms with Gasteiger partial charge >= 0.3 is 5.97 Å². The van der Waals surface area contributed by atoms with E-state index in [1.165, 1.54) is 7.11 Å². The molecule has 4 rings (SSSR count). The van der Waals surface area contributed by atoms with Gasteiger partial charge in [0.05, 0.1) is 25.2 Å². The van der Waals surface area contributed by atoms with Crippen LogP contribution in [0.2, 0.25) is 5.02 Å². The Balaban J connectivity index is 1.81. The van der Waals surface area contributed by atoms with Crippen molar-refractivity contribution in [2.75, 3.05) is 12.0 Å². The standard InChI is InChI=1S/C19H18ClNO4/c1-3-4-14-19-10-9-13(25-19)15(18(23)24-2)16(19)17(22)21(14)12-7-5-11(20)6-8-12/h3,5-10,13-16H,1,4H2,2H3/t13-,14?,15?,16-,19+/m0/s1. The van der Waals surface area contributed by atoms with E-state index in [4.69, 9.17) is 21.1 Å². The maximum atomic E-state index is 13.3. The quantitative estimate of drug-likeness (QED) is 0.612. The topological polar surface area (TPSA) is 55.8 Å². The number of anilines is 1. The van der Waals surface area contributed by atoms with Crippen LogP contribution in [0.1, 0.15) is 6.42 Å². The molecule has 5 nitrogen and oxygen atoms in total. The number of carbonyl (C=O) groups excluding carboxylic acids is 2. The summed E-state index contributed by atoms with van der Waals surface area (Å²) in [6, 6.07) is 6.83. The molecule has 1 amide bonds.